The molecule has 154 valence electrons. The summed E-state index contributed by atoms with van der Waals surface area (Å²) in [6.45, 7) is -0.642. The van der Waals surface area contributed by atoms with Gasteiger partial charge in [-0.05, 0) is 6.42 Å². The molecule has 0 aliphatic carbocycles. The maximum Gasteiger partial charge on any atom is 0.322 e. The average Bonchev–Trinajstić information content (AvgIpc) is 2.59. The van der Waals surface area contributed by atoms with E-state index in [1.807, 2.05) is 0 Å². The van der Waals surface area contributed by atoms with Gasteiger partial charge in [0.05, 0.1) is 0 Å². The van der Waals surface area contributed by atoms with Crippen molar-refractivity contribution in [3.63, 3.8) is 0 Å². The Morgan fingerprint density at radius 1 is 0.889 bits per heavy atom. The molecule has 0 aliphatic heterocycles. The first-order valence-electron chi connectivity index (χ1n) is 7.54. The molecular weight excluding hydrogens is 404 g/mol. The van der Waals surface area contributed by atoms with Crippen LogP contribution in [0.4, 0.5) is 0 Å². The molecule has 0 bridgehead atoms. The van der Waals surface area contributed by atoms with E-state index in [2.05, 4.69) is 10.6 Å². The van der Waals surface area contributed by atoms with Crippen LogP contribution in [0, 0.1) is 0 Å². The Labute approximate surface area is 162 Å². The summed E-state index contributed by atoms with van der Waals surface area (Å²) in [5, 5.41) is 30.5. The first-order chi connectivity index (χ1) is 12.5. The predicted octanol–water partition coefficient (Wildman–Crippen LogP) is -2.34. The number of aliphatic carboxylic acids is 3. The van der Waals surface area contributed by atoms with E-state index in [1.54, 1.807) is 0 Å². The van der Waals surface area contributed by atoms with E-state index >= 15 is 0 Å². The highest BCUT2D eigenvalue weighted by molar-refractivity contribution is 8.76. The van der Waals surface area contributed by atoms with Crippen molar-refractivity contribution >= 4 is 51.3 Å². The molecule has 0 heterocycles. The van der Waals surface area contributed by atoms with Gasteiger partial charge >= 0.3 is 17.9 Å². The normalized spacial score (nSPS) is 13.9. The van der Waals surface area contributed by atoms with Gasteiger partial charge in [-0.15, -0.1) is 0 Å². The summed E-state index contributed by atoms with van der Waals surface area (Å²) in [5.41, 5.74) is 10.6. The number of amides is 2. The molecule has 0 aliphatic rings. The molecule has 0 aromatic heterocycles. The SMILES string of the molecule is NC(CSSC[C@H](NC(=O)CC[C@H](N)C(=O)O)C(=O)NCC(=O)O)C(=O)O. The zero-order valence-electron chi connectivity index (χ0n) is 14.1. The number of nitrogens with one attached hydrogen (secondary N) is 2. The Balaban J connectivity index is 4.61. The summed E-state index contributed by atoms with van der Waals surface area (Å²) < 4.78 is 0. The number of hydrogen-bond acceptors (Lipinski definition) is 9. The third kappa shape index (κ3) is 12.1. The maximum atomic E-state index is 12.0. The molecule has 0 rings (SSSR count). The van der Waals surface area contributed by atoms with E-state index in [0.717, 1.165) is 21.6 Å². The van der Waals surface area contributed by atoms with Crippen molar-refractivity contribution in [3.8, 4) is 0 Å². The van der Waals surface area contributed by atoms with Crippen molar-refractivity contribution in [1.29, 1.82) is 0 Å². The van der Waals surface area contributed by atoms with Gasteiger partial charge in [-0.3, -0.25) is 24.0 Å². The molecule has 0 spiro atoms. The van der Waals surface area contributed by atoms with Gasteiger partial charge < -0.3 is 37.4 Å². The minimum Gasteiger partial charge on any atom is -0.480 e. The molecule has 2 amide bonds. The lowest BCUT2D eigenvalue weighted by Gasteiger charge is -2.18. The van der Waals surface area contributed by atoms with Gasteiger partial charge in [0.25, 0.3) is 0 Å². The number of rotatable bonds is 14. The van der Waals surface area contributed by atoms with Crippen molar-refractivity contribution in [2.24, 2.45) is 11.5 Å². The largest absolute Gasteiger partial charge is 0.480 e. The van der Waals surface area contributed by atoms with Crippen molar-refractivity contribution in [3.05, 3.63) is 0 Å². The zero-order chi connectivity index (χ0) is 21.0. The fourth-order valence-corrected chi connectivity index (χ4v) is 3.73. The lowest BCUT2D eigenvalue weighted by molar-refractivity contribution is -0.139. The van der Waals surface area contributed by atoms with Gasteiger partial charge in [0.2, 0.25) is 11.8 Å². The van der Waals surface area contributed by atoms with Crippen LogP contribution in [0.2, 0.25) is 0 Å². The highest BCUT2D eigenvalue weighted by atomic mass is 33.1. The predicted molar refractivity (Wildman–Crippen MR) is 97.9 cm³/mol. The molecule has 9 N–H and O–H groups in total. The average molecular weight is 426 g/mol. The Kier molecular flexibility index (Phi) is 12.2. The molecule has 0 aromatic rings. The van der Waals surface area contributed by atoms with Gasteiger partial charge in [0.15, 0.2) is 0 Å². The van der Waals surface area contributed by atoms with Crippen molar-refractivity contribution < 1.29 is 39.3 Å². The Bertz CT molecular complexity index is 562. The van der Waals surface area contributed by atoms with Crippen LogP contribution in [0.5, 0.6) is 0 Å². The summed E-state index contributed by atoms with van der Waals surface area (Å²) in [6.07, 6.45) is -0.377. The molecule has 27 heavy (non-hydrogen) atoms. The van der Waals surface area contributed by atoms with Crippen molar-refractivity contribution in [2.45, 2.75) is 31.0 Å². The summed E-state index contributed by atoms with van der Waals surface area (Å²) in [7, 11) is 2.15. The van der Waals surface area contributed by atoms with Crippen LogP contribution in [-0.4, -0.2) is 81.2 Å². The van der Waals surface area contributed by atoms with Crippen LogP contribution in [0.3, 0.4) is 0 Å². The number of carboxylic acids is 3. The Hall–Kier alpha value is -2.03. The molecular formula is C13H22N4O8S2. The highest BCUT2D eigenvalue weighted by Gasteiger charge is 2.23. The summed E-state index contributed by atoms with van der Waals surface area (Å²) in [5.74, 6) is -5.01. The second-order valence-corrected chi connectivity index (χ2v) is 7.78. The van der Waals surface area contributed by atoms with E-state index < -0.39 is 54.4 Å². The smallest absolute Gasteiger partial charge is 0.322 e. The monoisotopic (exact) mass is 426 g/mol. The first-order valence-corrected chi connectivity index (χ1v) is 10.0. The standard InChI is InChI=1S/C13H22N4O8S2/c14-6(12(22)23)1-2-9(18)17-8(11(21)16-3-10(19)20)5-27-26-4-7(15)13(24)25/h6-8H,1-5,14-15H2,(H,16,21)(H,17,18)(H,19,20)(H,22,23)(H,24,25)/t6-,7?,8-/m0/s1. The van der Waals surface area contributed by atoms with Crippen LogP contribution in [-0.2, 0) is 24.0 Å². The zero-order valence-corrected chi connectivity index (χ0v) is 15.8. The topological polar surface area (TPSA) is 222 Å². The van der Waals surface area contributed by atoms with Crippen molar-refractivity contribution in [1.82, 2.24) is 10.6 Å². The number of carbonyl (C=O) groups is 5. The van der Waals surface area contributed by atoms with Crippen LogP contribution < -0.4 is 22.1 Å². The summed E-state index contributed by atoms with van der Waals surface area (Å²) in [6, 6.07) is -3.41. The molecule has 0 saturated heterocycles. The Morgan fingerprint density at radius 2 is 1.44 bits per heavy atom. The van der Waals surface area contributed by atoms with Crippen LogP contribution in [0.1, 0.15) is 12.8 Å². The van der Waals surface area contributed by atoms with E-state index in [0.29, 0.717) is 0 Å². The third-order valence-electron chi connectivity index (χ3n) is 2.95. The molecule has 14 heteroatoms. The Morgan fingerprint density at radius 3 is 1.96 bits per heavy atom. The minimum atomic E-state index is -1.27. The van der Waals surface area contributed by atoms with Crippen LogP contribution >= 0.6 is 21.6 Å². The minimum absolute atomic E-state index is 0.0131. The van der Waals surface area contributed by atoms with E-state index in [4.69, 9.17) is 26.8 Å². The lowest BCUT2D eigenvalue weighted by atomic mass is 10.1. The van der Waals surface area contributed by atoms with Gasteiger partial charge in [0.1, 0.15) is 24.7 Å². The van der Waals surface area contributed by atoms with Crippen LogP contribution in [0.15, 0.2) is 0 Å². The fourth-order valence-electron chi connectivity index (χ4n) is 1.45. The second-order valence-electron chi connectivity index (χ2n) is 5.23. The summed E-state index contributed by atoms with van der Waals surface area (Å²) >= 11 is 0. The fraction of sp³-hybridized carbons (Fsp3) is 0.615. The number of carbonyl (C=O) groups excluding carboxylic acids is 2. The number of nitrogens with two attached hydrogens (primary N) is 2. The molecule has 0 saturated carbocycles. The lowest BCUT2D eigenvalue weighted by Crippen LogP contribution is -2.49. The molecule has 12 nitrogen and oxygen atoms in total. The quantitative estimate of drug-likeness (QED) is 0.115. The maximum absolute atomic E-state index is 12.0. The number of carboxylic acid groups (broad SMARTS) is 3. The van der Waals surface area contributed by atoms with Crippen molar-refractivity contribution in [2.75, 3.05) is 18.1 Å². The van der Waals surface area contributed by atoms with E-state index in [-0.39, 0.29) is 24.3 Å². The molecule has 0 fully saturated rings. The van der Waals surface area contributed by atoms with Gasteiger partial charge in [-0.25, -0.2) is 0 Å². The van der Waals surface area contributed by atoms with E-state index in [1.165, 1.54) is 0 Å². The number of hydrogen-bond donors (Lipinski definition) is 7. The molecule has 0 radical (unpaired) electrons. The highest BCUT2D eigenvalue weighted by Crippen LogP contribution is 2.22. The molecule has 0 aromatic carbocycles. The van der Waals surface area contributed by atoms with Gasteiger partial charge in [-0.1, -0.05) is 21.6 Å². The van der Waals surface area contributed by atoms with Gasteiger partial charge in [0, 0.05) is 17.9 Å². The van der Waals surface area contributed by atoms with E-state index in [9.17, 15) is 24.0 Å². The van der Waals surface area contributed by atoms with Crippen LogP contribution in [0.25, 0.3) is 0 Å². The summed E-state index contributed by atoms with van der Waals surface area (Å²) in [4.78, 5) is 55.7. The first kappa shape index (κ1) is 25.0. The van der Waals surface area contributed by atoms with Gasteiger partial charge in [-0.2, -0.15) is 0 Å². The molecule has 1 unspecified atom stereocenters. The second kappa shape index (κ2) is 13.2. The third-order valence-corrected chi connectivity index (χ3v) is 5.40. The molecule has 3 atom stereocenters.